The fourth-order valence-electron chi connectivity index (χ4n) is 0.923. The van der Waals surface area contributed by atoms with E-state index in [1.165, 1.54) is 11.1 Å². The standard InChI is InChI=1S/C10H17PSi/c1-12(2,3)9-11-10-7-5-4-6-8-10/h4-8,11H,9H2,1-3H3. The van der Waals surface area contributed by atoms with Crippen molar-refractivity contribution in [1.29, 1.82) is 0 Å². The van der Waals surface area contributed by atoms with Crippen molar-refractivity contribution in [1.82, 2.24) is 0 Å². The lowest BCUT2D eigenvalue weighted by atomic mass is 10.4. The van der Waals surface area contributed by atoms with Crippen molar-refractivity contribution >= 4 is 22.0 Å². The molecule has 0 aliphatic carbocycles. The summed E-state index contributed by atoms with van der Waals surface area (Å²) in [6, 6.07) is 10.8. The highest BCUT2D eigenvalue weighted by atomic mass is 31.1. The first-order chi connectivity index (χ1) is 5.58. The van der Waals surface area contributed by atoms with Gasteiger partial charge in [0, 0.05) is 8.07 Å². The van der Waals surface area contributed by atoms with Crippen molar-refractivity contribution in [3.63, 3.8) is 0 Å². The Bertz CT molecular complexity index is 225. The smallest absolute Gasteiger partial charge is 0.0486 e. The Balaban J connectivity index is 2.44. The maximum absolute atomic E-state index is 2.43. The maximum atomic E-state index is 2.43. The van der Waals surface area contributed by atoms with E-state index in [0.29, 0.717) is 0 Å². The molecule has 0 nitrogen and oxygen atoms in total. The van der Waals surface area contributed by atoms with Crippen LogP contribution >= 0.6 is 8.58 Å². The predicted molar refractivity (Wildman–Crippen MR) is 62.6 cm³/mol. The van der Waals surface area contributed by atoms with Gasteiger partial charge in [-0.15, -0.1) is 0 Å². The minimum Gasteiger partial charge on any atom is -0.0931 e. The summed E-state index contributed by atoms with van der Waals surface area (Å²) in [6.07, 6.45) is 0. The van der Waals surface area contributed by atoms with Crippen LogP contribution in [-0.4, -0.2) is 13.9 Å². The van der Waals surface area contributed by atoms with E-state index in [-0.39, 0.29) is 0 Å². The highest BCUT2D eigenvalue weighted by Crippen LogP contribution is 2.16. The molecule has 1 rings (SSSR count). The van der Waals surface area contributed by atoms with E-state index in [2.05, 4.69) is 50.0 Å². The molecule has 66 valence electrons. The highest BCUT2D eigenvalue weighted by Gasteiger charge is 2.11. The molecule has 1 aromatic rings. The van der Waals surface area contributed by atoms with Gasteiger partial charge in [-0.05, 0) is 11.1 Å². The number of benzene rings is 1. The van der Waals surface area contributed by atoms with E-state index < -0.39 is 8.07 Å². The zero-order valence-corrected chi connectivity index (χ0v) is 10.1. The summed E-state index contributed by atoms with van der Waals surface area (Å²) in [5.74, 6) is 1.43. The van der Waals surface area contributed by atoms with Crippen molar-refractivity contribution in [3.05, 3.63) is 30.3 Å². The molecule has 0 aliphatic rings. The monoisotopic (exact) mass is 196 g/mol. The lowest BCUT2D eigenvalue weighted by Crippen LogP contribution is -2.24. The fraction of sp³-hybridized carbons (Fsp3) is 0.400. The summed E-state index contributed by atoms with van der Waals surface area (Å²) >= 11 is 0. The molecular weight excluding hydrogens is 179 g/mol. The highest BCUT2D eigenvalue weighted by molar-refractivity contribution is 7.50. The summed E-state index contributed by atoms with van der Waals surface area (Å²) in [7, 11) is 0.190. The largest absolute Gasteiger partial charge is 0.0931 e. The second-order valence-corrected chi connectivity index (χ2v) is 11.7. The van der Waals surface area contributed by atoms with E-state index in [1.807, 2.05) is 0 Å². The first-order valence-corrected chi connectivity index (χ1v) is 9.28. The Kier molecular flexibility index (Phi) is 3.48. The third-order valence-corrected chi connectivity index (χ3v) is 7.29. The predicted octanol–water partition coefficient (Wildman–Crippen LogP) is 2.87. The van der Waals surface area contributed by atoms with Gasteiger partial charge in [-0.2, -0.15) is 0 Å². The van der Waals surface area contributed by atoms with Crippen LogP contribution in [0.3, 0.4) is 0 Å². The number of hydrogen-bond donors (Lipinski definition) is 0. The average molecular weight is 196 g/mol. The van der Waals surface area contributed by atoms with E-state index in [1.54, 1.807) is 0 Å². The Morgan fingerprint density at radius 2 is 1.67 bits per heavy atom. The molecule has 12 heavy (non-hydrogen) atoms. The molecule has 1 atom stereocenters. The Morgan fingerprint density at radius 1 is 1.08 bits per heavy atom. The molecule has 0 aromatic heterocycles. The van der Waals surface area contributed by atoms with Crippen molar-refractivity contribution in [2.24, 2.45) is 0 Å². The van der Waals surface area contributed by atoms with Crippen LogP contribution in [0.25, 0.3) is 0 Å². The van der Waals surface area contributed by atoms with Gasteiger partial charge in [-0.25, -0.2) is 0 Å². The van der Waals surface area contributed by atoms with E-state index in [4.69, 9.17) is 0 Å². The van der Waals surface area contributed by atoms with Crippen LogP contribution in [0, 0.1) is 0 Å². The van der Waals surface area contributed by atoms with E-state index >= 15 is 0 Å². The van der Waals surface area contributed by atoms with Crippen LogP contribution in [0.1, 0.15) is 0 Å². The fourth-order valence-corrected chi connectivity index (χ4v) is 4.29. The number of rotatable bonds is 3. The van der Waals surface area contributed by atoms with Gasteiger partial charge in [0.25, 0.3) is 0 Å². The molecule has 0 saturated carbocycles. The summed E-state index contributed by atoms with van der Waals surface area (Å²) in [4.78, 5) is 0. The van der Waals surface area contributed by atoms with Gasteiger partial charge >= 0.3 is 0 Å². The average Bonchev–Trinajstić information content (AvgIpc) is 2.02. The van der Waals surface area contributed by atoms with Gasteiger partial charge in [-0.3, -0.25) is 0 Å². The molecule has 0 saturated heterocycles. The van der Waals surface area contributed by atoms with Gasteiger partial charge < -0.3 is 0 Å². The lowest BCUT2D eigenvalue weighted by Gasteiger charge is -2.15. The molecular formula is C10H17PSi. The van der Waals surface area contributed by atoms with Crippen molar-refractivity contribution in [2.75, 3.05) is 5.79 Å². The zero-order chi connectivity index (χ0) is 9.03. The van der Waals surface area contributed by atoms with Crippen LogP contribution in [0.15, 0.2) is 30.3 Å². The third kappa shape index (κ3) is 4.03. The van der Waals surface area contributed by atoms with Crippen LogP contribution in [0.4, 0.5) is 0 Å². The van der Waals surface area contributed by atoms with Crippen LogP contribution in [0.2, 0.25) is 19.6 Å². The van der Waals surface area contributed by atoms with Crippen molar-refractivity contribution in [3.8, 4) is 0 Å². The second-order valence-electron chi connectivity index (χ2n) is 4.28. The quantitative estimate of drug-likeness (QED) is 0.515. The van der Waals surface area contributed by atoms with Gasteiger partial charge in [0.1, 0.15) is 0 Å². The Hall–Kier alpha value is -0.133. The normalized spacial score (nSPS) is 12.6. The molecule has 0 fully saturated rings. The zero-order valence-electron chi connectivity index (χ0n) is 8.09. The summed E-state index contributed by atoms with van der Waals surface area (Å²) in [5.41, 5.74) is 0. The van der Waals surface area contributed by atoms with Gasteiger partial charge in [0.2, 0.25) is 0 Å². The molecule has 0 N–H and O–H groups in total. The van der Waals surface area contributed by atoms with E-state index in [9.17, 15) is 0 Å². The molecule has 0 radical (unpaired) electrons. The molecule has 0 bridgehead atoms. The minimum absolute atomic E-state index is 0.828. The summed E-state index contributed by atoms with van der Waals surface area (Å²) in [6.45, 7) is 7.30. The van der Waals surface area contributed by atoms with Gasteiger partial charge in [0.15, 0.2) is 0 Å². The second kappa shape index (κ2) is 4.20. The first kappa shape index (κ1) is 9.95. The van der Waals surface area contributed by atoms with Crippen molar-refractivity contribution < 1.29 is 0 Å². The SMILES string of the molecule is C[Si](C)(C)CPc1ccccc1. The topological polar surface area (TPSA) is 0 Å². The van der Waals surface area contributed by atoms with Crippen LogP contribution < -0.4 is 5.30 Å². The maximum Gasteiger partial charge on any atom is 0.0486 e. The molecule has 0 amide bonds. The third-order valence-electron chi connectivity index (χ3n) is 1.60. The lowest BCUT2D eigenvalue weighted by molar-refractivity contribution is 1.67. The number of hydrogen-bond acceptors (Lipinski definition) is 0. The van der Waals surface area contributed by atoms with Gasteiger partial charge in [-0.1, -0.05) is 58.6 Å². The van der Waals surface area contributed by atoms with Gasteiger partial charge in [0.05, 0.1) is 0 Å². The van der Waals surface area contributed by atoms with Crippen molar-refractivity contribution in [2.45, 2.75) is 19.6 Å². The molecule has 2 heteroatoms. The molecule has 1 aromatic carbocycles. The van der Waals surface area contributed by atoms with Crippen LogP contribution in [-0.2, 0) is 0 Å². The molecule has 0 heterocycles. The van der Waals surface area contributed by atoms with E-state index in [0.717, 1.165) is 8.58 Å². The molecule has 0 spiro atoms. The van der Waals surface area contributed by atoms with Crippen LogP contribution in [0.5, 0.6) is 0 Å². The summed E-state index contributed by atoms with van der Waals surface area (Å²) in [5, 5.41) is 1.51. The Morgan fingerprint density at radius 3 is 2.17 bits per heavy atom. The Labute approximate surface area is 78.2 Å². The minimum atomic E-state index is -0.828. The molecule has 1 unspecified atom stereocenters. The molecule has 0 aliphatic heterocycles. The summed E-state index contributed by atoms with van der Waals surface area (Å²) < 4.78 is 0. The first-order valence-electron chi connectivity index (χ1n) is 4.37.